The minimum Gasteiger partial charge on any atom is -0.495 e. The van der Waals surface area contributed by atoms with E-state index in [0.717, 1.165) is 5.56 Å². The molecule has 0 saturated carbocycles. The molecule has 0 heterocycles. The van der Waals surface area contributed by atoms with Gasteiger partial charge in [-0.05, 0) is 49.7 Å². The van der Waals surface area contributed by atoms with E-state index in [4.69, 9.17) is 16.3 Å². The SMILES string of the molecule is CNC(c1ccc(OC)c(Cl)c1)c1cc(C)ccc1C. The zero-order valence-electron chi connectivity index (χ0n) is 12.3. The molecule has 0 bridgehead atoms. The number of ether oxygens (including phenoxy) is 1. The summed E-state index contributed by atoms with van der Waals surface area (Å²) in [6.07, 6.45) is 0. The van der Waals surface area contributed by atoms with Gasteiger partial charge >= 0.3 is 0 Å². The summed E-state index contributed by atoms with van der Waals surface area (Å²) in [4.78, 5) is 0. The third kappa shape index (κ3) is 2.97. The maximum absolute atomic E-state index is 6.24. The summed E-state index contributed by atoms with van der Waals surface area (Å²) in [7, 11) is 3.59. The third-order valence-electron chi connectivity index (χ3n) is 3.54. The molecule has 106 valence electrons. The van der Waals surface area contributed by atoms with Gasteiger partial charge in [-0.2, -0.15) is 0 Å². The average molecular weight is 290 g/mol. The smallest absolute Gasteiger partial charge is 0.137 e. The number of aryl methyl sites for hydroxylation is 2. The molecule has 0 radical (unpaired) electrons. The molecule has 0 aliphatic rings. The first-order chi connectivity index (χ1) is 9.56. The Labute approximate surface area is 125 Å². The van der Waals surface area contributed by atoms with Crippen LogP contribution in [0.3, 0.4) is 0 Å². The van der Waals surface area contributed by atoms with Crippen LogP contribution in [0, 0.1) is 13.8 Å². The second-order valence-corrected chi connectivity index (χ2v) is 5.38. The number of benzene rings is 2. The monoisotopic (exact) mass is 289 g/mol. The van der Waals surface area contributed by atoms with Gasteiger partial charge < -0.3 is 10.1 Å². The van der Waals surface area contributed by atoms with E-state index in [0.29, 0.717) is 10.8 Å². The van der Waals surface area contributed by atoms with Gasteiger partial charge in [-0.1, -0.05) is 41.4 Å². The van der Waals surface area contributed by atoms with Crippen LogP contribution in [0.5, 0.6) is 5.75 Å². The van der Waals surface area contributed by atoms with Crippen molar-refractivity contribution in [3.8, 4) is 5.75 Å². The van der Waals surface area contributed by atoms with Crippen molar-refractivity contribution in [1.82, 2.24) is 5.32 Å². The van der Waals surface area contributed by atoms with E-state index in [9.17, 15) is 0 Å². The molecule has 2 aromatic rings. The van der Waals surface area contributed by atoms with Crippen LogP contribution < -0.4 is 10.1 Å². The highest BCUT2D eigenvalue weighted by Crippen LogP contribution is 2.31. The maximum Gasteiger partial charge on any atom is 0.137 e. The molecule has 2 rings (SSSR count). The lowest BCUT2D eigenvalue weighted by Gasteiger charge is -2.20. The van der Waals surface area contributed by atoms with Crippen molar-refractivity contribution in [2.45, 2.75) is 19.9 Å². The van der Waals surface area contributed by atoms with Gasteiger partial charge in [0.05, 0.1) is 18.2 Å². The van der Waals surface area contributed by atoms with Crippen LogP contribution in [-0.4, -0.2) is 14.2 Å². The van der Waals surface area contributed by atoms with E-state index in [1.807, 2.05) is 25.2 Å². The second-order valence-electron chi connectivity index (χ2n) is 4.98. The van der Waals surface area contributed by atoms with Gasteiger partial charge in [0.25, 0.3) is 0 Å². The van der Waals surface area contributed by atoms with Crippen molar-refractivity contribution in [2.75, 3.05) is 14.2 Å². The summed E-state index contributed by atoms with van der Waals surface area (Å²) in [5.74, 6) is 0.700. The third-order valence-corrected chi connectivity index (χ3v) is 3.84. The summed E-state index contributed by atoms with van der Waals surface area (Å²) < 4.78 is 5.21. The number of nitrogens with one attached hydrogen (secondary N) is 1. The van der Waals surface area contributed by atoms with E-state index in [1.54, 1.807) is 7.11 Å². The quantitative estimate of drug-likeness (QED) is 0.907. The standard InChI is InChI=1S/C17H20ClNO/c1-11-5-6-12(2)14(9-11)17(19-3)13-7-8-16(20-4)15(18)10-13/h5-10,17,19H,1-4H3. The summed E-state index contributed by atoms with van der Waals surface area (Å²) >= 11 is 6.24. The Kier molecular flexibility index (Phi) is 4.69. The highest BCUT2D eigenvalue weighted by atomic mass is 35.5. The Balaban J connectivity index is 2.46. The number of hydrogen-bond donors (Lipinski definition) is 1. The number of methoxy groups -OCH3 is 1. The summed E-state index contributed by atoms with van der Waals surface area (Å²) in [5.41, 5.74) is 4.92. The molecule has 0 saturated heterocycles. The van der Waals surface area contributed by atoms with Gasteiger partial charge in [0.15, 0.2) is 0 Å². The first-order valence-corrected chi connectivity index (χ1v) is 7.02. The van der Waals surface area contributed by atoms with Crippen molar-refractivity contribution in [2.24, 2.45) is 0 Å². The molecule has 2 nitrogen and oxygen atoms in total. The van der Waals surface area contributed by atoms with Crippen LogP contribution in [0.15, 0.2) is 36.4 Å². The molecule has 0 spiro atoms. The predicted octanol–water partition coefficient (Wildman–Crippen LogP) is 4.27. The first kappa shape index (κ1) is 14.9. The van der Waals surface area contributed by atoms with Crippen molar-refractivity contribution in [3.05, 3.63) is 63.7 Å². The summed E-state index contributed by atoms with van der Waals surface area (Å²) in [5, 5.41) is 4.00. The molecule has 1 atom stereocenters. The Morgan fingerprint density at radius 3 is 2.45 bits per heavy atom. The lowest BCUT2D eigenvalue weighted by molar-refractivity contribution is 0.414. The fourth-order valence-electron chi connectivity index (χ4n) is 2.43. The maximum atomic E-state index is 6.24. The van der Waals surface area contributed by atoms with Gasteiger partial charge in [-0.25, -0.2) is 0 Å². The molecule has 1 unspecified atom stereocenters. The predicted molar refractivity (Wildman–Crippen MR) is 84.8 cm³/mol. The Morgan fingerprint density at radius 2 is 1.85 bits per heavy atom. The van der Waals surface area contributed by atoms with Gasteiger partial charge in [-0.15, -0.1) is 0 Å². The summed E-state index contributed by atoms with van der Waals surface area (Å²) in [6, 6.07) is 12.5. The van der Waals surface area contributed by atoms with Crippen molar-refractivity contribution in [1.29, 1.82) is 0 Å². The minimum absolute atomic E-state index is 0.123. The van der Waals surface area contributed by atoms with E-state index >= 15 is 0 Å². The van der Waals surface area contributed by atoms with E-state index < -0.39 is 0 Å². The fourth-order valence-corrected chi connectivity index (χ4v) is 2.70. The average Bonchev–Trinajstić information content (AvgIpc) is 2.44. The van der Waals surface area contributed by atoms with Crippen LogP contribution >= 0.6 is 11.6 Å². The zero-order valence-corrected chi connectivity index (χ0v) is 13.1. The molecule has 0 fully saturated rings. The normalized spacial score (nSPS) is 12.2. The van der Waals surface area contributed by atoms with Crippen LogP contribution in [0.4, 0.5) is 0 Å². The molecule has 0 amide bonds. The van der Waals surface area contributed by atoms with E-state index in [-0.39, 0.29) is 6.04 Å². The molecular formula is C17H20ClNO. The van der Waals surface area contributed by atoms with Crippen LogP contribution in [0.25, 0.3) is 0 Å². The van der Waals surface area contributed by atoms with Crippen LogP contribution in [0.1, 0.15) is 28.3 Å². The lowest BCUT2D eigenvalue weighted by Crippen LogP contribution is -2.18. The molecule has 0 aromatic heterocycles. The molecule has 3 heteroatoms. The Bertz CT molecular complexity index is 610. The topological polar surface area (TPSA) is 21.3 Å². The van der Waals surface area contributed by atoms with Gasteiger partial charge in [-0.3, -0.25) is 0 Å². The van der Waals surface area contributed by atoms with Crippen LogP contribution in [0.2, 0.25) is 5.02 Å². The fraction of sp³-hybridized carbons (Fsp3) is 0.294. The molecule has 20 heavy (non-hydrogen) atoms. The minimum atomic E-state index is 0.123. The Hall–Kier alpha value is -1.51. The molecule has 0 aliphatic carbocycles. The van der Waals surface area contributed by atoms with Crippen molar-refractivity contribution < 1.29 is 4.74 Å². The summed E-state index contributed by atoms with van der Waals surface area (Å²) in [6.45, 7) is 4.24. The van der Waals surface area contributed by atoms with Crippen molar-refractivity contribution >= 4 is 11.6 Å². The van der Waals surface area contributed by atoms with Crippen molar-refractivity contribution in [3.63, 3.8) is 0 Å². The van der Waals surface area contributed by atoms with Gasteiger partial charge in [0, 0.05) is 0 Å². The molecule has 1 N–H and O–H groups in total. The van der Waals surface area contributed by atoms with Gasteiger partial charge in [0.1, 0.15) is 5.75 Å². The van der Waals surface area contributed by atoms with E-state index in [1.165, 1.54) is 16.7 Å². The van der Waals surface area contributed by atoms with E-state index in [2.05, 4.69) is 37.4 Å². The highest BCUT2D eigenvalue weighted by Gasteiger charge is 2.16. The lowest BCUT2D eigenvalue weighted by atomic mass is 9.93. The number of halogens is 1. The number of hydrogen-bond acceptors (Lipinski definition) is 2. The highest BCUT2D eigenvalue weighted by molar-refractivity contribution is 6.32. The first-order valence-electron chi connectivity index (χ1n) is 6.64. The largest absolute Gasteiger partial charge is 0.495 e. The van der Waals surface area contributed by atoms with Crippen LogP contribution in [-0.2, 0) is 0 Å². The Morgan fingerprint density at radius 1 is 1.10 bits per heavy atom. The molecule has 2 aromatic carbocycles. The zero-order chi connectivity index (χ0) is 14.7. The second kappa shape index (κ2) is 6.29. The molecule has 0 aliphatic heterocycles. The van der Waals surface area contributed by atoms with Gasteiger partial charge in [0.2, 0.25) is 0 Å². The number of rotatable bonds is 4. The molecular weight excluding hydrogens is 270 g/mol.